The molecule has 0 spiro atoms. The maximum Gasteiger partial charge on any atom is 1.00 e. The van der Waals surface area contributed by atoms with Gasteiger partial charge in [-0.2, -0.15) is 17.6 Å². The number of aromatic nitrogens is 1. The molecule has 1 fully saturated rings. The van der Waals surface area contributed by atoms with Gasteiger partial charge in [-0.05, 0) is 55.7 Å². The summed E-state index contributed by atoms with van der Waals surface area (Å²) in [7, 11) is 1.61. The maximum absolute atomic E-state index is 14.8. The van der Waals surface area contributed by atoms with E-state index < -0.39 is 17.6 Å². The second kappa shape index (κ2) is 14.1. The minimum atomic E-state index is -0.814. The summed E-state index contributed by atoms with van der Waals surface area (Å²) in [6.07, 6.45) is 6.66. The van der Waals surface area contributed by atoms with Crippen LogP contribution < -0.4 is 29.9 Å². The van der Waals surface area contributed by atoms with Crippen LogP contribution in [0, 0.1) is 35.9 Å². The van der Waals surface area contributed by atoms with Crippen LogP contribution in [0.15, 0.2) is 45.6 Å². The molecular weight excluding hydrogens is 496 g/mol. The molecule has 0 aliphatic heterocycles. The Morgan fingerprint density at radius 2 is 2.03 bits per heavy atom. The molecule has 3 aromatic rings. The summed E-state index contributed by atoms with van der Waals surface area (Å²) in [6.45, 7) is 6.73. The third kappa shape index (κ3) is 9.06. The molecule has 0 unspecified atom stereocenters. The zero-order valence-electron chi connectivity index (χ0n) is 22.9. The molecule has 2 atom stereocenters. The minimum absolute atomic E-state index is 0. The fourth-order valence-corrected chi connectivity index (χ4v) is 4.04. The fraction of sp³-hybridized carbons (Fsp3) is 0.379. The summed E-state index contributed by atoms with van der Waals surface area (Å²) in [5, 5.41) is 12.1. The molecule has 1 N–H and O–H groups in total. The first-order valence-electron chi connectivity index (χ1n) is 12.3. The Hall–Kier alpha value is -3.46. The molecule has 1 heterocycles. The molecule has 1 amide bonds. The number of rotatable bonds is 7. The van der Waals surface area contributed by atoms with E-state index in [4.69, 9.17) is 4.42 Å². The van der Waals surface area contributed by atoms with E-state index in [0.717, 1.165) is 24.8 Å². The topological polar surface area (TPSA) is 114 Å². The molecular formula is C29H31FLiN3O5-2. The Morgan fingerprint density at radius 3 is 2.59 bits per heavy atom. The van der Waals surface area contributed by atoms with Crippen LogP contribution in [0.3, 0.4) is 0 Å². The van der Waals surface area contributed by atoms with Crippen LogP contribution in [-0.2, 0) is 27.8 Å². The Labute approximate surface area is 239 Å². The van der Waals surface area contributed by atoms with Crippen molar-refractivity contribution >= 4 is 23.5 Å². The molecule has 39 heavy (non-hydrogen) atoms. The van der Waals surface area contributed by atoms with Crippen molar-refractivity contribution in [2.24, 2.45) is 13.0 Å². The smallest absolute Gasteiger partial charge is 0.649 e. The van der Waals surface area contributed by atoms with E-state index in [-0.39, 0.29) is 42.7 Å². The number of hydrogen-bond donors (Lipinski definition) is 1. The summed E-state index contributed by atoms with van der Waals surface area (Å²) < 4.78 is 25.7. The van der Waals surface area contributed by atoms with Crippen molar-refractivity contribution in [2.45, 2.75) is 58.1 Å². The number of amides is 1. The summed E-state index contributed by atoms with van der Waals surface area (Å²) in [6, 6.07) is 11.2. The van der Waals surface area contributed by atoms with Crippen LogP contribution in [0.2, 0.25) is 0 Å². The van der Waals surface area contributed by atoms with Crippen molar-refractivity contribution in [1.82, 2.24) is 9.88 Å². The second-order valence-electron chi connectivity index (χ2n) is 10.1. The molecule has 0 radical (unpaired) electrons. The molecule has 4 rings (SSSR count). The summed E-state index contributed by atoms with van der Waals surface area (Å²) in [4.78, 5) is 33.3. The maximum atomic E-state index is 14.8. The molecule has 8 nitrogen and oxygen atoms in total. The summed E-state index contributed by atoms with van der Waals surface area (Å²) >= 11 is 0. The van der Waals surface area contributed by atoms with Gasteiger partial charge < -0.3 is 36.9 Å². The van der Waals surface area contributed by atoms with E-state index >= 15 is 0 Å². The number of nitrogens with one attached hydrogen (secondary N) is 1. The van der Waals surface area contributed by atoms with Gasteiger partial charge in [-0.3, -0.25) is 4.57 Å². The van der Waals surface area contributed by atoms with Crippen molar-refractivity contribution in [3.05, 3.63) is 71.2 Å². The van der Waals surface area contributed by atoms with Gasteiger partial charge in [0.05, 0.1) is 23.1 Å². The number of hydrogen-bond acceptors (Lipinski definition) is 6. The van der Waals surface area contributed by atoms with E-state index in [1.807, 2.05) is 6.07 Å². The number of carbonyl (C=O) groups is 1. The number of carbonyl (C=O) groups excluding carboxylic acids is 2. The Balaban J connectivity index is 0.000000592. The average molecular weight is 528 g/mol. The van der Waals surface area contributed by atoms with Crippen LogP contribution >= 0.6 is 0 Å². The summed E-state index contributed by atoms with van der Waals surface area (Å²) in [5.74, 6) is -0.991. The fourth-order valence-electron chi connectivity index (χ4n) is 4.04. The van der Waals surface area contributed by atoms with Crippen molar-refractivity contribution in [3.8, 4) is 17.2 Å². The van der Waals surface area contributed by atoms with Gasteiger partial charge >= 0.3 is 24.6 Å². The number of nitriles is 1. The molecule has 2 aromatic carbocycles. The molecule has 10 heteroatoms. The van der Waals surface area contributed by atoms with Crippen LogP contribution in [0.5, 0.6) is 0 Å². The number of nitrogens with zero attached hydrogens (tertiary/aromatic N) is 2. The van der Waals surface area contributed by atoms with Gasteiger partial charge in [0.15, 0.2) is 5.58 Å². The van der Waals surface area contributed by atoms with E-state index in [0.29, 0.717) is 22.2 Å². The normalized spacial score (nSPS) is 15.2. The first kappa shape index (κ1) is 31.8. The molecule has 1 aromatic heterocycles. The first-order chi connectivity index (χ1) is 18.0. The first-order valence-corrected chi connectivity index (χ1v) is 12.3. The quantitative estimate of drug-likeness (QED) is 0.369. The average Bonchev–Trinajstić information content (AvgIpc) is 3.46. The molecule has 1 aliphatic rings. The van der Waals surface area contributed by atoms with Gasteiger partial charge in [-0.15, -0.1) is 6.42 Å². The monoisotopic (exact) mass is 527 g/mol. The standard InChI is InChI=1S/C24H22FN3O3.C5H9O2.Li/c1-28-21-13-17(8-9-22(21)31-24(28)30)16-6-7-18(20(25)12-16)11-19(14-26)27-23(29)10-15-4-2-3-5-15;1-5(2,3)7-4-6;/h2,6-10,12-13,15,19H,3-5,11H2,1H3,(H,27,29);1-3H3;/q-2;-1;+1/t15-,19+;;/m1../s1. The Kier molecular flexibility index (Phi) is 11.5. The summed E-state index contributed by atoms with van der Waals surface area (Å²) in [5.41, 5.74) is 2.44. The molecule has 1 aliphatic carbocycles. The van der Waals surface area contributed by atoms with E-state index in [2.05, 4.69) is 16.5 Å². The van der Waals surface area contributed by atoms with Crippen molar-refractivity contribution in [2.75, 3.05) is 0 Å². The predicted octanol–water partition coefficient (Wildman–Crippen LogP) is 1.57. The number of halogens is 1. The molecule has 202 valence electrons. The SMILES string of the molecule is CC(C)(C)O[C-]=O.Cn1c(=O)oc2ccc(-c3ccc(C[C@@H](C#N)NC(=O)[CH-][C@@H]4C[CH-]CC4)c(F)c3)cc21.[Li+]. The zero-order valence-corrected chi connectivity index (χ0v) is 22.9. The number of ether oxygens (including phenoxy) is 1. The van der Waals surface area contributed by atoms with Crippen molar-refractivity contribution in [1.29, 1.82) is 5.26 Å². The van der Waals surface area contributed by atoms with Crippen LogP contribution in [0.4, 0.5) is 4.39 Å². The Bertz CT molecular complexity index is 1380. The molecule has 0 bridgehead atoms. The Morgan fingerprint density at radius 1 is 1.33 bits per heavy atom. The van der Waals surface area contributed by atoms with Gasteiger partial charge in [0.1, 0.15) is 11.9 Å². The number of benzene rings is 2. The molecule has 0 saturated heterocycles. The predicted molar refractivity (Wildman–Crippen MR) is 141 cm³/mol. The van der Waals surface area contributed by atoms with Gasteiger partial charge in [0.25, 0.3) is 0 Å². The number of aryl methyl sites for hydroxylation is 1. The van der Waals surface area contributed by atoms with Crippen molar-refractivity contribution in [3.63, 3.8) is 0 Å². The van der Waals surface area contributed by atoms with Gasteiger partial charge in [0, 0.05) is 13.5 Å². The third-order valence-electron chi connectivity index (χ3n) is 6.02. The van der Waals surface area contributed by atoms with Crippen LogP contribution in [0.25, 0.3) is 22.2 Å². The van der Waals surface area contributed by atoms with Gasteiger partial charge in [-0.25, -0.2) is 15.6 Å². The second-order valence-corrected chi connectivity index (χ2v) is 10.1. The van der Waals surface area contributed by atoms with Crippen LogP contribution in [0.1, 0.15) is 45.6 Å². The molecule has 1 saturated carbocycles. The van der Waals surface area contributed by atoms with Gasteiger partial charge in [-0.1, -0.05) is 24.7 Å². The number of oxazole rings is 1. The van der Waals surface area contributed by atoms with E-state index in [1.165, 1.54) is 17.1 Å². The zero-order chi connectivity index (χ0) is 27.9. The number of fused-ring (bicyclic) bond motifs is 1. The minimum Gasteiger partial charge on any atom is -0.649 e. The largest absolute Gasteiger partial charge is 1.00 e. The van der Waals surface area contributed by atoms with Crippen LogP contribution in [-0.4, -0.2) is 28.6 Å². The van der Waals surface area contributed by atoms with Gasteiger partial charge in [0.2, 0.25) is 0 Å². The van der Waals surface area contributed by atoms with E-state index in [1.54, 1.807) is 64.6 Å². The van der Waals surface area contributed by atoms with Crippen molar-refractivity contribution < 1.29 is 42.0 Å². The van der Waals surface area contributed by atoms with E-state index in [9.17, 15) is 24.0 Å². The third-order valence-corrected chi connectivity index (χ3v) is 6.02.